The average Bonchev–Trinajstić information content (AvgIpc) is 2.17. The van der Waals surface area contributed by atoms with Crippen LogP contribution in [0.1, 0.15) is 33.6 Å². The highest BCUT2D eigenvalue weighted by atomic mass is 16.4. The van der Waals surface area contributed by atoms with E-state index < -0.39 is 11.5 Å². The molecule has 0 aromatic rings. The zero-order chi connectivity index (χ0) is 12.1. The Bertz CT molecular complexity index is 243. The molecule has 0 spiro atoms. The molecule has 88 valence electrons. The van der Waals surface area contributed by atoms with Crippen molar-refractivity contribution in [2.24, 2.45) is 11.7 Å². The van der Waals surface area contributed by atoms with Gasteiger partial charge < -0.3 is 16.2 Å². The van der Waals surface area contributed by atoms with Gasteiger partial charge in [-0.05, 0) is 26.3 Å². The van der Waals surface area contributed by atoms with E-state index in [9.17, 15) is 9.59 Å². The van der Waals surface area contributed by atoms with Crippen LogP contribution in [0.4, 0.5) is 0 Å². The van der Waals surface area contributed by atoms with Gasteiger partial charge in [0.15, 0.2) is 0 Å². The first-order chi connectivity index (χ1) is 6.87. The fourth-order valence-corrected chi connectivity index (χ4v) is 1.07. The Morgan fingerprint density at radius 1 is 1.53 bits per heavy atom. The minimum atomic E-state index is -1.18. The number of nitrogens with one attached hydrogen (secondary N) is 1. The van der Waals surface area contributed by atoms with Gasteiger partial charge in [-0.2, -0.15) is 0 Å². The molecule has 2 unspecified atom stereocenters. The molecular formula is C10H20N2O3. The minimum absolute atomic E-state index is 0.250. The molecule has 2 atom stereocenters. The standard InChI is InChI=1S/C10H20N2O3/c1-4-10(3,9(14)15)12-8(13)7(2)5-6-11/h7H,4-6,11H2,1-3H3,(H,12,13)(H,14,15). The molecule has 0 aliphatic carbocycles. The van der Waals surface area contributed by atoms with Crippen LogP contribution >= 0.6 is 0 Å². The van der Waals surface area contributed by atoms with Gasteiger partial charge in [0.2, 0.25) is 5.91 Å². The Morgan fingerprint density at radius 2 is 2.07 bits per heavy atom. The van der Waals surface area contributed by atoms with Crippen molar-refractivity contribution in [3.8, 4) is 0 Å². The molecule has 1 amide bonds. The fraction of sp³-hybridized carbons (Fsp3) is 0.800. The molecule has 0 aromatic carbocycles. The number of hydrogen-bond acceptors (Lipinski definition) is 3. The Morgan fingerprint density at radius 3 is 2.40 bits per heavy atom. The molecule has 0 bridgehead atoms. The number of carboxylic acids is 1. The van der Waals surface area contributed by atoms with Gasteiger partial charge in [-0.15, -0.1) is 0 Å². The normalized spacial score (nSPS) is 16.5. The Hall–Kier alpha value is -1.10. The smallest absolute Gasteiger partial charge is 0.329 e. The summed E-state index contributed by atoms with van der Waals surface area (Å²) in [6.07, 6.45) is 0.911. The summed E-state index contributed by atoms with van der Waals surface area (Å²) in [6.45, 7) is 5.38. The third-order valence-corrected chi connectivity index (χ3v) is 2.63. The molecule has 0 heterocycles. The maximum absolute atomic E-state index is 11.6. The Kier molecular flexibility index (Phi) is 5.28. The van der Waals surface area contributed by atoms with Gasteiger partial charge in [0.05, 0.1) is 0 Å². The minimum Gasteiger partial charge on any atom is -0.480 e. The first-order valence-electron chi connectivity index (χ1n) is 5.13. The van der Waals surface area contributed by atoms with Crippen molar-refractivity contribution >= 4 is 11.9 Å². The van der Waals surface area contributed by atoms with Gasteiger partial charge in [-0.1, -0.05) is 13.8 Å². The molecule has 0 aliphatic heterocycles. The number of rotatable bonds is 6. The molecule has 0 saturated heterocycles. The van der Waals surface area contributed by atoms with Crippen molar-refractivity contribution in [3.05, 3.63) is 0 Å². The highest BCUT2D eigenvalue weighted by molar-refractivity contribution is 5.87. The van der Waals surface area contributed by atoms with E-state index in [4.69, 9.17) is 10.8 Å². The van der Waals surface area contributed by atoms with Crippen LogP contribution in [0.25, 0.3) is 0 Å². The van der Waals surface area contributed by atoms with E-state index in [1.165, 1.54) is 6.92 Å². The topological polar surface area (TPSA) is 92.4 Å². The molecule has 0 rings (SSSR count). The summed E-state index contributed by atoms with van der Waals surface area (Å²) in [6, 6.07) is 0. The summed E-state index contributed by atoms with van der Waals surface area (Å²) >= 11 is 0. The second-order valence-corrected chi connectivity index (χ2v) is 3.96. The molecule has 5 nitrogen and oxygen atoms in total. The zero-order valence-electron chi connectivity index (χ0n) is 9.54. The zero-order valence-corrected chi connectivity index (χ0v) is 9.54. The van der Waals surface area contributed by atoms with E-state index in [2.05, 4.69) is 5.32 Å². The maximum atomic E-state index is 11.6. The number of carbonyl (C=O) groups excluding carboxylic acids is 1. The van der Waals surface area contributed by atoms with Gasteiger partial charge in [0.25, 0.3) is 0 Å². The van der Waals surface area contributed by atoms with Gasteiger partial charge >= 0.3 is 5.97 Å². The number of carboxylic acid groups (broad SMARTS) is 1. The predicted molar refractivity (Wildman–Crippen MR) is 57.3 cm³/mol. The summed E-state index contributed by atoms with van der Waals surface area (Å²) in [5.41, 5.74) is 4.15. The van der Waals surface area contributed by atoms with Crippen LogP contribution in [0.5, 0.6) is 0 Å². The number of carbonyl (C=O) groups is 2. The van der Waals surface area contributed by atoms with Crippen molar-refractivity contribution < 1.29 is 14.7 Å². The third kappa shape index (κ3) is 3.87. The molecule has 15 heavy (non-hydrogen) atoms. The van der Waals surface area contributed by atoms with Crippen LogP contribution < -0.4 is 11.1 Å². The Labute approximate surface area is 90.0 Å². The van der Waals surface area contributed by atoms with Crippen LogP contribution in [-0.4, -0.2) is 29.1 Å². The van der Waals surface area contributed by atoms with Crippen LogP contribution in [0, 0.1) is 5.92 Å². The van der Waals surface area contributed by atoms with Crippen molar-refractivity contribution in [2.45, 2.75) is 39.2 Å². The predicted octanol–water partition coefficient (Wildman–Crippen LogP) is 0.341. The van der Waals surface area contributed by atoms with Crippen molar-refractivity contribution in [3.63, 3.8) is 0 Å². The van der Waals surface area contributed by atoms with E-state index >= 15 is 0 Å². The number of nitrogens with two attached hydrogens (primary N) is 1. The quantitative estimate of drug-likeness (QED) is 0.597. The van der Waals surface area contributed by atoms with Crippen molar-refractivity contribution in [1.29, 1.82) is 0 Å². The van der Waals surface area contributed by atoms with Gasteiger partial charge in [-0.25, -0.2) is 4.79 Å². The molecule has 0 saturated carbocycles. The van der Waals surface area contributed by atoms with E-state index in [-0.39, 0.29) is 11.8 Å². The van der Waals surface area contributed by atoms with Crippen LogP contribution in [0.2, 0.25) is 0 Å². The molecule has 0 radical (unpaired) electrons. The molecule has 0 aliphatic rings. The van der Waals surface area contributed by atoms with E-state index in [1.54, 1.807) is 13.8 Å². The summed E-state index contributed by atoms with van der Waals surface area (Å²) in [7, 11) is 0. The van der Waals surface area contributed by atoms with Crippen LogP contribution in [0.3, 0.4) is 0 Å². The molecule has 0 aromatic heterocycles. The van der Waals surface area contributed by atoms with Crippen molar-refractivity contribution in [1.82, 2.24) is 5.32 Å². The summed E-state index contributed by atoms with van der Waals surface area (Å²) in [5.74, 6) is -1.52. The lowest BCUT2D eigenvalue weighted by molar-refractivity contribution is -0.147. The Balaban J connectivity index is 4.43. The average molecular weight is 216 g/mol. The monoisotopic (exact) mass is 216 g/mol. The van der Waals surface area contributed by atoms with Gasteiger partial charge in [-0.3, -0.25) is 4.79 Å². The van der Waals surface area contributed by atoms with Crippen LogP contribution in [0.15, 0.2) is 0 Å². The lowest BCUT2D eigenvalue weighted by Crippen LogP contribution is -2.53. The lowest BCUT2D eigenvalue weighted by atomic mass is 9.97. The van der Waals surface area contributed by atoms with E-state index in [0.717, 1.165) is 0 Å². The highest BCUT2D eigenvalue weighted by Crippen LogP contribution is 2.11. The second kappa shape index (κ2) is 5.70. The van der Waals surface area contributed by atoms with Crippen molar-refractivity contribution in [2.75, 3.05) is 6.54 Å². The third-order valence-electron chi connectivity index (χ3n) is 2.63. The SMILES string of the molecule is CCC(C)(NC(=O)C(C)CCN)C(=O)O. The highest BCUT2D eigenvalue weighted by Gasteiger charge is 2.33. The first-order valence-corrected chi connectivity index (χ1v) is 5.13. The maximum Gasteiger partial charge on any atom is 0.329 e. The van der Waals surface area contributed by atoms with E-state index in [1.807, 2.05) is 0 Å². The molecular weight excluding hydrogens is 196 g/mol. The molecule has 5 heteroatoms. The van der Waals surface area contributed by atoms with Crippen LogP contribution in [-0.2, 0) is 9.59 Å². The lowest BCUT2D eigenvalue weighted by Gasteiger charge is -2.26. The molecule has 4 N–H and O–H groups in total. The van der Waals surface area contributed by atoms with E-state index in [0.29, 0.717) is 19.4 Å². The fourth-order valence-electron chi connectivity index (χ4n) is 1.07. The number of hydrogen-bond donors (Lipinski definition) is 3. The summed E-state index contributed by atoms with van der Waals surface area (Å²) in [4.78, 5) is 22.5. The summed E-state index contributed by atoms with van der Waals surface area (Å²) in [5, 5.41) is 11.5. The van der Waals surface area contributed by atoms with Gasteiger partial charge in [0, 0.05) is 5.92 Å². The molecule has 0 fully saturated rings. The second-order valence-electron chi connectivity index (χ2n) is 3.96. The van der Waals surface area contributed by atoms with Gasteiger partial charge in [0.1, 0.15) is 5.54 Å². The largest absolute Gasteiger partial charge is 0.480 e. The number of amides is 1. The first kappa shape index (κ1) is 13.9. The number of aliphatic carboxylic acids is 1. The summed E-state index contributed by atoms with van der Waals surface area (Å²) < 4.78 is 0.